The van der Waals surface area contributed by atoms with E-state index in [1.54, 1.807) is 25.1 Å². The van der Waals surface area contributed by atoms with Crippen molar-refractivity contribution in [2.75, 3.05) is 20.8 Å². The molecule has 0 spiro atoms. The van der Waals surface area contributed by atoms with Gasteiger partial charge in [-0.1, -0.05) is 24.3 Å². The highest BCUT2D eigenvalue weighted by atomic mass is 32.2. The molecule has 1 saturated heterocycles. The third-order valence-electron chi connectivity index (χ3n) is 5.45. The number of hydrogen-bond acceptors (Lipinski definition) is 6. The van der Waals surface area contributed by atoms with Gasteiger partial charge in [0.2, 0.25) is 10.0 Å². The highest BCUT2D eigenvalue weighted by Gasteiger charge is 2.28. The fraction of sp³-hybridized carbons (Fsp3) is 0.348. The normalized spacial score (nSPS) is 16.4. The molecule has 0 bridgehead atoms. The summed E-state index contributed by atoms with van der Waals surface area (Å²) in [6.07, 6.45) is 4.50. The number of methoxy groups -OCH3 is 2. The predicted octanol–water partition coefficient (Wildman–Crippen LogP) is 3.60. The van der Waals surface area contributed by atoms with Crippen molar-refractivity contribution in [3.8, 4) is 11.5 Å². The minimum atomic E-state index is -3.81. The maximum Gasteiger partial charge on any atom is 0.246 e. The lowest BCUT2D eigenvalue weighted by Gasteiger charge is -2.22. The molecule has 0 N–H and O–H groups in total. The fourth-order valence-electron chi connectivity index (χ4n) is 3.62. The van der Waals surface area contributed by atoms with E-state index in [1.807, 2.05) is 48.5 Å². The molecule has 0 saturated carbocycles. The Labute approximate surface area is 188 Å². The number of ether oxygens (including phenoxy) is 3. The van der Waals surface area contributed by atoms with Gasteiger partial charge in [-0.25, -0.2) is 13.1 Å². The van der Waals surface area contributed by atoms with Gasteiger partial charge >= 0.3 is 0 Å². The predicted molar refractivity (Wildman–Crippen MR) is 119 cm³/mol. The van der Waals surface area contributed by atoms with Gasteiger partial charge in [0.15, 0.2) is 0 Å². The molecule has 2 heterocycles. The Hall–Kier alpha value is -2.88. The summed E-state index contributed by atoms with van der Waals surface area (Å²) >= 11 is 0. The SMILES string of the molecule is COc1ccc(CN(Cc2ccc(OC)cc2)S(=O)(=O)c2cnn(C3CCCO3)c2)cc1. The van der Waals surface area contributed by atoms with Crippen LogP contribution in [0.2, 0.25) is 0 Å². The summed E-state index contributed by atoms with van der Waals surface area (Å²) in [6.45, 7) is 1.08. The van der Waals surface area contributed by atoms with Crippen LogP contribution in [0.25, 0.3) is 0 Å². The number of sulfonamides is 1. The fourth-order valence-corrected chi connectivity index (χ4v) is 4.98. The van der Waals surface area contributed by atoms with Crippen molar-refractivity contribution in [2.24, 2.45) is 0 Å². The van der Waals surface area contributed by atoms with E-state index in [9.17, 15) is 8.42 Å². The van der Waals surface area contributed by atoms with Crippen LogP contribution in [0.4, 0.5) is 0 Å². The minimum Gasteiger partial charge on any atom is -0.497 e. The maximum atomic E-state index is 13.6. The zero-order valence-corrected chi connectivity index (χ0v) is 19.0. The number of aromatic nitrogens is 2. The van der Waals surface area contributed by atoms with Crippen molar-refractivity contribution in [1.82, 2.24) is 14.1 Å². The van der Waals surface area contributed by atoms with Gasteiger partial charge < -0.3 is 14.2 Å². The van der Waals surface area contributed by atoms with E-state index in [1.165, 1.54) is 10.5 Å². The molecule has 2 aromatic carbocycles. The van der Waals surface area contributed by atoms with E-state index in [2.05, 4.69) is 5.10 Å². The average Bonchev–Trinajstić information content (AvgIpc) is 3.52. The highest BCUT2D eigenvalue weighted by molar-refractivity contribution is 7.89. The summed E-state index contributed by atoms with van der Waals surface area (Å²) in [5, 5.41) is 4.26. The summed E-state index contributed by atoms with van der Waals surface area (Å²) in [5.74, 6) is 1.44. The van der Waals surface area contributed by atoms with E-state index >= 15 is 0 Å². The van der Waals surface area contributed by atoms with Crippen LogP contribution in [-0.4, -0.2) is 43.3 Å². The Morgan fingerprint density at radius 3 is 2.03 bits per heavy atom. The van der Waals surface area contributed by atoms with E-state index in [4.69, 9.17) is 14.2 Å². The quantitative estimate of drug-likeness (QED) is 0.488. The third kappa shape index (κ3) is 4.95. The van der Waals surface area contributed by atoms with Crippen molar-refractivity contribution in [1.29, 1.82) is 0 Å². The summed E-state index contributed by atoms with van der Waals surface area (Å²) in [7, 11) is -0.609. The van der Waals surface area contributed by atoms with Crippen molar-refractivity contribution < 1.29 is 22.6 Å². The highest BCUT2D eigenvalue weighted by Crippen LogP contribution is 2.26. The van der Waals surface area contributed by atoms with E-state index in [0.29, 0.717) is 6.61 Å². The van der Waals surface area contributed by atoms with E-state index < -0.39 is 10.0 Å². The lowest BCUT2D eigenvalue weighted by atomic mass is 10.2. The zero-order chi connectivity index (χ0) is 22.6. The molecule has 3 aromatic rings. The van der Waals surface area contributed by atoms with Gasteiger partial charge in [0, 0.05) is 25.9 Å². The van der Waals surface area contributed by atoms with E-state index in [-0.39, 0.29) is 24.2 Å². The summed E-state index contributed by atoms with van der Waals surface area (Å²) in [6, 6.07) is 14.8. The van der Waals surface area contributed by atoms with Gasteiger partial charge in [0.25, 0.3) is 0 Å². The minimum absolute atomic E-state index is 0.148. The lowest BCUT2D eigenvalue weighted by Crippen LogP contribution is -2.30. The van der Waals surface area contributed by atoms with Crippen LogP contribution in [-0.2, 0) is 27.8 Å². The second kappa shape index (κ2) is 9.72. The monoisotopic (exact) mass is 457 g/mol. The van der Waals surface area contributed by atoms with Crippen LogP contribution in [0.3, 0.4) is 0 Å². The molecular formula is C23H27N3O5S. The number of nitrogens with zero attached hydrogens (tertiary/aromatic N) is 3. The molecule has 0 aliphatic carbocycles. The van der Waals surface area contributed by atoms with Crippen LogP contribution < -0.4 is 9.47 Å². The van der Waals surface area contributed by atoms with Crippen LogP contribution in [0.5, 0.6) is 11.5 Å². The Balaban J connectivity index is 1.62. The van der Waals surface area contributed by atoms with Crippen molar-refractivity contribution >= 4 is 10.0 Å². The number of benzene rings is 2. The average molecular weight is 458 g/mol. The molecule has 1 aliphatic heterocycles. The van der Waals surface area contributed by atoms with Crippen LogP contribution in [0.1, 0.15) is 30.2 Å². The number of hydrogen-bond donors (Lipinski definition) is 0. The molecule has 1 aromatic heterocycles. The number of rotatable bonds is 9. The molecule has 0 radical (unpaired) electrons. The van der Waals surface area contributed by atoms with Crippen molar-refractivity contribution in [2.45, 2.75) is 37.1 Å². The molecule has 32 heavy (non-hydrogen) atoms. The molecule has 8 nitrogen and oxygen atoms in total. The molecule has 1 fully saturated rings. The van der Waals surface area contributed by atoms with Crippen LogP contribution in [0.15, 0.2) is 65.8 Å². The second-order valence-corrected chi connectivity index (χ2v) is 9.53. The largest absolute Gasteiger partial charge is 0.497 e. The summed E-state index contributed by atoms with van der Waals surface area (Å²) in [5.41, 5.74) is 1.71. The first kappa shape index (κ1) is 22.3. The Bertz CT molecular complexity index is 1070. The maximum absolute atomic E-state index is 13.6. The molecule has 170 valence electrons. The van der Waals surface area contributed by atoms with Crippen LogP contribution in [0, 0.1) is 0 Å². The van der Waals surface area contributed by atoms with Gasteiger partial charge in [-0.2, -0.15) is 9.40 Å². The molecule has 1 atom stereocenters. The first-order valence-corrected chi connectivity index (χ1v) is 11.9. The van der Waals surface area contributed by atoms with Gasteiger partial charge in [0.05, 0.1) is 20.4 Å². The van der Waals surface area contributed by atoms with Gasteiger partial charge in [-0.15, -0.1) is 0 Å². The molecular weight excluding hydrogens is 430 g/mol. The van der Waals surface area contributed by atoms with Crippen molar-refractivity contribution in [3.05, 3.63) is 72.1 Å². The second-order valence-electron chi connectivity index (χ2n) is 7.59. The standard InChI is InChI=1S/C23H27N3O5S/c1-29-20-9-5-18(6-10-20)15-25(16-19-7-11-21(30-2)12-8-19)32(27,28)22-14-24-26(17-22)23-4-3-13-31-23/h5-12,14,17,23H,3-4,13,15-16H2,1-2H3. The molecule has 0 amide bonds. The lowest BCUT2D eigenvalue weighted by molar-refractivity contribution is 0.0466. The zero-order valence-electron chi connectivity index (χ0n) is 18.2. The van der Waals surface area contributed by atoms with E-state index in [0.717, 1.165) is 35.5 Å². The Morgan fingerprint density at radius 1 is 1.00 bits per heavy atom. The summed E-state index contributed by atoms with van der Waals surface area (Å²) < 4.78 is 46.3. The molecule has 1 unspecified atom stereocenters. The topological polar surface area (TPSA) is 82.9 Å². The van der Waals surface area contributed by atoms with Gasteiger partial charge in [-0.05, 0) is 48.2 Å². The van der Waals surface area contributed by atoms with Crippen molar-refractivity contribution in [3.63, 3.8) is 0 Å². The first-order chi connectivity index (χ1) is 15.5. The smallest absolute Gasteiger partial charge is 0.246 e. The van der Waals surface area contributed by atoms with Crippen LogP contribution >= 0.6 is 0 Å². The first-order valence-electron chi connectivity index (χ1n) is 10.4. The molecule has 1 aliphatic rings. The molecule has 4 rings (SSSR count). The summed E-state index contributed by atoms with van der Waals surface area (Å²) in [4.78, 5) is 0.148. The van der Waals surface area contributed by atoms with Gasteiger partial charge in [-0.3, -0.25) is 0 Å². The molecule has 9 heteroatoms. The Kier molecular flexibility index (Phi) is 6.78. The van der Waals surface area contributed by atoms with Gasteiger partial charge in [0.1, 0.15) is 22.6 Å². The third-order valence-corrected chi connectivity index (χ3v) is 7.20. The Morgan fingerprint density at radius 2 is 1.56 bits per heavy atom.